The number of amidine groups is 1. The molecule has 0 aliphatic carbocycles. The summed E-state index contributed by atoms with van der Waals surface area (Å²) in [5.41, 5.74) is 2.04. The van der Waals surface area contributed by atoms with Gasteiger partial charge in [0.1, 0.15) is 4.90 Å². The average molecular weight is 563 g/mol. The molecule has 4 rings (SSSR count). The summed E-state index contributed by atoms with van der Waals surface area (Å²) in [4.78, 5) is 44.7. The molecular formula is C24H26N4O8S2. The number of rotatable bonds is 6. The molecule has 2 heterocycles. The molecule has 202 valence electrons. The van der Waals surface area contributed by atoms with E-state index in [1.54, 1.807) is 58.0 Å². The number of ether oxygens (including phenoxy) is 1. The van der Waals surface area contributed by atoms with Gasteiger partial charge in [-0.2, -0.15) is 8.42 Å². The summed E-state index contributed by atoms with van der Waals surface area (Å²) in [6.45, 7) is 6.72. The van der Waals surface area contributed by atoms with E-state index in [-0.39, 0.29) is 29.4 Å². The summed E-state index contributed by atoms with van der Waals surface area (Å²) < 4.78 is 49.8. The highest BCUT2D eigenvalue weighted by Crippen LogP contribution is 2.35. The van der Waals surface area contributed by atoms with Crippen LogP contribution in [0.1, 0.15) is 31.4 Å². The van der Waals surface area contributed by atoms with Crippen LogP contribution in [-0.2, 0) is 35.9 Å². The zero-order valence-corrected chi connectivity index (χ0v) is 22.7. The van der Waals surface area contributed by atoms with E-state index in [2.05, 4.69) is 10.3 Å². The van der Waals surface area contributed by atoms with Gasteiger partial charge < -0.3 is 10.1 Å². The van der Waals surface area contributed by atoms with Crippen LogP contribution in [0.2, 0.25) is 0 Å². The first-order chi connectivity index (χ1) is 18.0. The second-order valence-electron chi connectivity index (χ2n) is 8.37. The zero-order chi connectivity index (χ0) is 28.2. The van der Waals surface area contributed by atoms with Crippen LogP contribution in [0, 0.1) is 13.8 Å². The Hall–Kier alpha value is -3.91. The summed E-state index contributed by atoms with van der Waals surface area (Å²) in [7, 11) is -4.12. The number of hydrogen-bond acceptors (Lipinski definition) is 9. The second-order valence-corrected chi connectivity index (χ2v) is 10.3. The maximum atomic E-state index is 13.7. The number of amides is 3. The molecule has 0 spiro atoms. The number of anilines is 1. The third-order valence-electron chi connectivity index (χ3n) is 5.94. The molecule has 2 aliphatic heterocycles. The maximum absolute atomic E-state index is 13.7. The fourth-order valence-electron chi connectivity index (χ4n) is 4.10. The Bertz CT molecular complexity index is 1450. The zero-order valence-electron chi connectivity index (χ0n) is 21.0. The number of likely N-dealkylation sites (N-methyl/N-ethyl adjacent to an activating group) is 1. The van der Waals surface area contributed by atoms with Crippen molar-refractivity contribution in [1.82, 2.24) is 9.21 Å². The van der Waals surface area contributed by atoms with Crippen molar-refractivity contribution in [3.8, 4) is 0 Å². The number of fused-ring (bicyclic) bond motifs is 1. The maximum Gasteiger partial charge on any atom is 0.418 e. The fourth-order valence-corrected chi connectivity index (χ4v) is 5.78. The number of sulfonamides is 1. The highest BCUT2D eigenvalue weighted by molar-refractivity contribution is 7.90. The van der Waals surface area contributed by atoms with Crippen LogP contribution >= 0.6 is 0 Å². The van der Waals surface area contributed by atoms with Crippen molar-refractivity contribution in [3.05, 3.63) is 53.6 Å². The van der Waals surface area contributed by atoms with Gasteiger partial charge in [0.05, 0.1) is 5.69 Å². The minimum Gasteiger partial charge on any atom is -0.436 e. The van der Waals surface area contributed by atoms with Gasteiger partial charge in [0.25, 0.3) is 21.8 Å². The number of carbonyl (C=O) groups is 3. The predicted molar refractivity (Wildman–Crippen MR) is 138 cm³/mol. The smallest absolute Gasteiger partial charge is 0.418 e. The highest BCUT2D eigenvalue weighted by atomic mass is 32.2. The Morgan fingerprint density at radius 3 is 2.37 bits per heavy atom. The molecule has 38 heavy (non-hydrogen) atoms. The van der Waals surface area contributed by atoms with Gasteiger partial charge >= 0.3 is 17.7 Å². The molecule has 2 atom stereocenters. The Balaban J connectivity index is 0.00000127. The number of carbonyl (C=O) groups excluding carboxylic acids is 3. The van der Waals surface area contributed by atoms with E-state index in [1.807, 2.05) is 0 Å². The van der Waals surface area contributed by atoms with Gasteiger partial charge in [-0.05, 0) is 56.5 Å². The normalized spacial score (nSPS) is 18.4. The van der Waals surface area contributed by atoms with Gasteiger partial charge in [-0.3, -0.25) is 13.9 Å². The molecule has 1 saturated heterocycles. The number of para-hydroxylation sites is 1. The number of aryl methyl sites for hydroxylation is 2. The van der Waals surface area contributed by atoms with E-state index in [1.165, 1.54) is 12.1 Å². The van der Waals surface area contributed by atoms with Gasteiger partial charge in [-0.25, -0.2) is 23.1 Å². The van der Waals surface area contributed by atoms with E-state index in [0.29, 0.717) is 10.6 Å². The first-order valence-electron chi connectivity index (χ1n) is 11.6. The monoisotopic (exact) mass is 562 g/mol. The topological polar surface area (TPSA) is 160 Å². The van der Waals surface area contributed by atoms with Crippen LogP contribution < -0.4 is 5.32 Å². The summed E-state index contributed by atoms with van der Waals surface area (Å²) >= 11 is -0.750. The van der Waals surface area contributed by atoms with Crippen molar-refractivity contribution in [2.75, 3.05) is 11.9 Å². The predicted octanol–water partition coefficient (Wildman–Crippen LogP) is 2.45. The van der Waals surface area contributed by atoms with Crippen LogP contribution in [0.25, 0.3) is 0 Å². The van der Waals surface area contributed by atoms with Crippen molar-refractivity contribution in [2.24, 2.45) is 4.99 Å². The highest BCUT2D eigenvalue weighted by Gasteiger charge is 2.51. The minimum absolute atomic E-state index is 0.0112. The van der Waals surface area contributed by atoms with E-state index >= 15 is 0 Å². The van der Waals surface area contributed by atoms with Crippen LogP contribution in [0.3, 0.4) is 0 Å². The van der Waals surface area contributed by atoms with E-state index < -0.39 is 51.6 Å². The summed E-state index contributed by atoms with van der Waals surface area (Å²) in [6, 6.07) is 10.0. The molecule has 0 radical (unpaired) electrons. The Morgan fingerprint density at radius 1 is 1.13 bits per heavy atom. The molecule has 14 heteroatoms. The largest absolute Gasteiger partial charge is 0.436 e. The third kappa shape index (κ3) is 5.36. The summed E-state index contributed by atoms with van der Waals surface area (Å²) in [5.74, 6) is -1.77. The lowest BCUT2D eigenvalue weighted by Crippen LogP contribution is -2.58. The molecule has 2 aromatic carbocycles. The third-order valence-corrected chi connectivity index (χ3v) is 7.85. The van der Waals surface area contributed by atoms with E-state index in [9.17, 15) is 22.8 Å². The molecule has 1 N–H and O–H groups in total. The number of nitrogens with one attached hydrogen (secondary N) is 1. The van der Waals surface area contributed by atoms with Crippen LogP contribution in [0.15, 0.2) is 52.4 Å². The van der Waals surface area contributed by atoms with Crippen molar-refractivity contribution >= 4 is 56.7 Å². The molecular weight excluding hydrogens is 536 g/mol. The SMILES string of the molecule is CCC1OC(=O)N(C(C(=O)Nc2ccccc2C)C2=Nc3ccc(C)cc3S(=O)(=O)N2CC)C1=O.O=S=O. The summed E-state index contributed by atoms with van der Waals surface area (Å²) in [5, 5.41) is 2.72. The summed E-state index contributed by atoms with van der Waals surface area (Å²) in [6.07, 6.45) is -1.89. The molecule has 0 aromatic heterocycles. The Morgan fingerprint density at radius 2 is 1.79 bits per heavy atom. The quantitative estimate of drug-likeness (QED) is 0.562. The lowest BCUT2D eigenvalue weighted by atomic mass is 10.1. The van der Waals surface area contributed by atoms with Crippen molar-refractivity contribution < 1.29 is 36.0 Å². The Labute approximate surface area is 223 Å². The molecule has 2 unspecified atom stereocenters. The van der Waals surface area contributed by atoms with E-state index in [4.69, 9.17) is 13.2 Å². The van der Waals surface area contributed by atoms with Crippen LogP contribution in [0.5, 0.6) is 0 Å². The van der Waals surface area contributed by atoms with Crippen LogP contribution in [-0.4, -0.2) is 68.5 Å². The molecule has 3 amide bonds. The van der Waals surface area contributed by atoms with Gasteiger partial charge in [0.2, 0.25) is 0 Å². The average Bonchev–Trinajstić information content (AvgIpc) is 3.15. The van der Waals surface area contributed by atoms with Gasteiger partial charge in [0, 0.05) is 12.2 Å². The Kier molecular flexibility index (Phi) is 8.78. The fraction of sp³-hybridized carbons (Fsp3) is 0.333. The molecule has 0 bridgehead atoms. The number of aliphatic imine (C=N–C) groups is 1. The second kappa shape index (κ2) is 11.6. The van der Waals surface area contributed by atoms with Gasteiger partial charge in [0.15, 0.2) is 18.0 Å². The number of nitrogens with zero attached hydrogens (tertiary/aromatic N) is 3. The number of cyclic esters (lactones) is 1. The molecule has 12 nitrogen and oxygen atoms in total. The van der Waals surface area contributed by atoms with E-state index in [0.717, 1.165) is 15.4 Å². The molecule has 2 aliphatic rings. The molecule has 0 saturated carbocycles. The first-order valence-corrected chi connectivity index (χ1v) is 13.7. The number of hydrogen-bond donors (Lipinski definition) is 1. The molecule has 2 aromatic rings. The van der Waals surface area contributed by atoms with Crippen molar-refractivity contribution in [3.63, 3.8) is 0 Å². The van der Waals surface area contributed by atoms with Crippen LogP contribution in [0.4, 0.5) is 16.2 Å². The molecule has 1 fully saturated rings. The van der Waals surface area contributed by atoms with Crippen molar-refractivity contribution in [1.29, 1.82) is 0 Å². The first kappa shape index (κ1) is 28.7. The number of imide groups is 1. The van der Waals surface area contributed by atoms with Gasteiger partial charge in [-0.1, -0.05) is 31.2 Å². The standard InChI is InChI=1S/C24H26N4O6S.O2S/c1-5-18-23(30)28(24(31)34-18)20(22(29)26-16-10-8-7-9-15(16)4)21-25-17-12-11-14(3)13-19(17)35(32,33)27(21)6-2;1-3-2/h7-13,18,20H,5-6H2,1-4H3,(H,26,29);. The minimum atomic E-state index is -4.12. The lowest BCUT2D eigenvalue weighted by Gasteiger charge is -2.34. The lowest BCUT2D eigenvalue weighted by molar-refractivity contribution is -0.133. The van der Waals surface area contributed by atoms with Crippen molar-refractivity contribution in [2.45, 2.75) is 51.2 Å². The van der Waals surface area contributed by atoms with Gasteiger partial charge in [-0.15, -0.1) is 0 Å². The number of benzene rings is 2.